The van der Waals surface area contributed by atoms with E-state index in [4.69, 9.17) is 11.6 Å². The van der Waals surface area contributed by atoms with Crippen LogP contribution in [0, 0.1) is 0 Å². The number of rotatable bonds is 10. The maximum Gasteiger partial charge on any atom is 0.417 e. The van der Waals surface area contributed by atoms with Gasteiger partial charge in [0, 0.05) is 12.2 Å². The van der Waals surface area contributed by atoms with Gasteiger partial charge >= 0.3 is 6.18 Å². The van der Waals surface area contributed by atoms with Crippen LogP contribution >= 0.6 is 23.4 Å². The van der Waals surface area contributed by atoms with Crippen molar-refractivity contribution in [3.63, 3.8) is 0 Å². The molecule has 1 N–H and O–H groups in total. The number of halogens is 4. The van der Waals surface area contributed by atoms with Gasteiger partial charge in [-0.3, -0.25) is 9.69 Å². The maximum absolute atomic E-state index is 13.0. The van der Waals surface area contributed by atoms with E-state index in [0.29, 0.717) is 5.16 Å². The second-order valence-electron chi connectivity index (χ2n) is 7.26. The van der Waals surface area contributed by atoms with E-state index in [1.54, 1.807) is 0 Å². The standard InChI is InChI=1S/C20H27ClF3N5OS/c1-5-7-10-29-18(16(6-2)28(3)4)26-27-19(29)31-12-17(30)25-13-8-9-15(21)14(11-13)20(22,23)24/h8-9,11,16H,5-7,10,12H2,1-4H3,(H,25,30). The van der Waals surface area contributed by atoms with E-state index in [0.717, 1.165) is 43.8 Å². The number of nitrogens with zero attached hydrogens (tertiary/aromatic N) is 4. The number of anilines is 1. The second-order valence-corrected chi connectivity index (χ2v) is 8.61. The van der Waals surface area contributed by atoms with Crippen LogP contribution in [-0.2, 0) is 17.5 Å². The van der Waals surface area contributed by atoms with Gasteiger partial charge in [0.1, 0.15) is 0 Å². The number of alkyl halides is 3. The van der Waals surface area contributed by atoms with Crippen LogP contribution in [0.15, 0.2) is 23.4 Å². The Hall–Kier alpha value is -1.78. The van der Waals surface area contributed by atoms with E-state index in [1.807, 2.05) is 18.7 Å². The first kappa shape index (κ1) is 25.5. The summed E-state index contributed by atoms with van der Waals surface area (Å²) in [6.07, 6.45) is -1.79. The number of unbranched alkanes of at least 4 members (excludes halogenated alkanes) is 1. The number of nitrogens with one attached hydrogen (secondary N) is 1. The molecule has 0 spiro atoms. The van der Waals surface area contributed by atoms with Crippen LogP contribution in [0.4, 0.5) is 18.9 Å². The molecule has 11 heteroatoms. The van der Waals surface area contributed by atoms with Gasteiger partial charge in [0.15, 0.2) is 11.0 Å². The Labute approximate surface area is 189 Å². The van der Waals surface area contributed by atoms with Crippen molar-refractivity contribution in [3.05, 3.63) is 34.6 Å². The lowest BCUT2D eigenvalue weighted by Gasteiger charge is -2.23. The number of amides is 1. The maximum atomic E-state index is 13.0. The predicted octanol–water partition coefficient (Wildman–Crippen LogP) is 5.49. The van der Waals surface area contributed by atoms with Gasteiger partial charge in [0.05, 0.1) is 22.4 Å². The molecule has 6 nitrogen and oxygen atoms in total. The molecule has 0 saturated heterocycles. The molecule has 0 bridgehead atoms. The molecule has 0 aliphatic carbocycles. The average Bonchev–Trinajstić information content (AvgIpc) is 3.08. The highest BCUT2D eigenvalue weighted by Crippen LogP contribution is 2.36. The lowest BCUT2D eigenvalue weighted by molar-refractivity contribution is -0.137. The van der Waals surface area contributed by atoms with E-state index in [9.17, 15) is 18.0 Å². The normalized spacial score (nSPS) is 12.9. The second kappa shape index (κ2) is 11.2. The van der Waals surface area contributed by atoms with Gasteiger partial charge in [-0.15, -0.1) is 10.2 Å². The highest BCUT2D eigenvalue weighted by atomic mass is 35.5. The fourth-order valence-electron chi connectivity index (χ4n) is 3.11. The van der Waals surface area contributed by atoms with E-state index in [-0.39, 0.29) is 17.5 Å². The van der Waals surface area contributed by atoms with Crippen LogP contribution in [0.25, 0.3) is 0 Å². The molecule has 2 rings (SSSR count). The molecule has 0 fully saturated rings. The molecular formula is C20H27ClF3N5OS. The number of thioether (sulfide) groups is 1. The molecule has 2 aromatic rings. The summed E-state index contributed by atoms with van der Waals surface area (Å²) in [5.41, 5.74) is -0.952. The van der Waals surface area contributed by atoms with Crippen LogP contribution < -0.4 is 5.32 Å². The third-order valence-electron chi connectivity index (χ3n) is 4.68. The highest BCUT2D eigenvalue weighted by molar-refractivity contribution is 7.99. The SMILES string of the molecule is CCCCn1c(SCC(=O)Nc2ccc(Cl)c(C(F)(F)F)c2)nnc1C(CC)N(C)C. The number of hydrogen-bond donors (Lipinski definition) is 1. The Morgan fingerprint density at radius 1 is 1.29 bits per heavy atom. The number of carbonyl (C=O) groups excluding carboxylic acids is 1. The van der Waals surface area contributed by atoms with E-state index >= 15 is 0 Å². The van der Waals surface area contributed by atoms with Crippen LogP contribution in [0.2, 0.25) is 5.02 Å². The molecule has 0 saturated carbocycles. The van der Waals surface area contributed by atoms with Crippen molar-refractivity contribution in [3.8, 4) is 0 Å². The summed E-state index contributed by atoms with van der Waals surface area (Å²) in [4.78, 5) is 14.4. The van der Waals surface area contributed by atoms with Gasteiger partial charge in [0.25, 0.3) is 0 Å². The van der Waals surface area contributed by atoms with Crippen molar-refractivity contribution in [1.29, 1.82) is 0 Å². The zero-order valence-electron chi connectivity index (χ0n) is 18.0. The van der Waals surface area contributed by atoms with Gasteiger partial charge in [-0.2, -0.15) is 13.2 Å². The van der Waals surface area contributed by atoms with Crippen LogP contribution in [-0.4, -0.2) is 45.4 Å². The van der Waals surface area contributed by atoms with E-state index in [1.165, 1.54) is 17.8 Å². The summed E-state index contributed by atoms with van der Waals surface area (Å²) in [6.45, 7) is 4.90. The number of hydrogen-bond acceptors (Lipinski definition) is 5. The number of aromatic nitrogens is 3. The molecule has 31 heavy (non-hydrogen) atoms. The molecule has 1 heterocycles. The third kappa shape index (κ3) is 6.85. The van der Waals surface area contributed by atoms with E-state index < -0.39 is 22.7 Å². The zero-order chi connectivity index (χ0) is 23.2. The smallest absolute Gasteiger partial charge is 0.325 e. The van der Waals surface area contributed by atoms with Gasteiger partial charge in [-0.1, -0.05) is 43.6 Å². The molecule has 0 radical (unpaired) electrons. The van der Waals surface area contributed by atoms with Gasteiger partial charge in [0.2, 0.25) is 5.91 Å². The van der Waals surface area contributed by atoms with Gasteiger partial charge < -0.3 is 9.88 Å². The fraction of sp³-hybridized carbons (Fsp3) is 0.550. The van der Waals surface area contributed by atoms with Crippen molar-refractivity contribution in [1.82, 2.24) is 19.7 Å². The zero-order valence-corrected chi connectivity index (χ0v) is 19.5. The summed E-state index contributed by atoms with van der Waals surface area (Å²) >= 11 is 6.83. The molecule has 172 valence electrons. The summed E-state index contributed by atoms with van der Waals surface area (Å²) in [7, 11) is 3.96. The minimum Gasteiger partial charge on any atom is -0.325 e. The Kier molecular flexibility index (Phi) is 9.20. The molecule has 1 amide bonds. The van der Waals surface area contributed by atoms with Crippen molar-refractivity contribution < 1.29 is 18.0 Å². The van der Waals surface area contributed by atoms with Gasteiger partial charge in [-0.05, 0) is 45.1 Å². The van der Waals surface area contributed by atoms with Gasteiger partial charge in [-0.25, -0.2) is 0 Å². The predicted molar refractivity (Wildman–Crippen MR) is 117 cm³/mol. The summed E-state index contributed by atoms with van der Waals surface area (Å²) in [5.74, 6) is 0.399. The van der Waals surface area contributed by atoms with Crippen molar-refractivity contribution in [2.75, 3.05) is 25.2 Å². The first-order valence-electron chi connectivity index (χ1n) is 9.97. The van der Waals surface area contributed by atoms with Crippen LogP contribution in [0.3, 0.4) is 0 Å². The van der Waals surface area contributed by atoms with Crippen molar-refractivity contribution in [2.24, 2.45) is 0 Å². The summed E-state index contributed by atoms with van der Waals surface area (Å²) < 4.78 is 41.1. The monoisotopic (exact) mass is 477 g/mol. The summed E-state index contributed by atoms with van der Waals surface area (Å²) in [6, 6.07) is 3.38. The minimum atomic E-state index is -4.60. The quantitative estimate of drug-likeness (QED) is 0.458. The first-order chi connectivity index (χ1) is 14.6. The number of carbonyl (C=O) groups is 1. The lowest BCUT2D eigenvalue weighted by atomic mass is 10.2. The van der Waals surface area contributed by atoms with E-state index in [2.05, 4.69) is 34.3 Å². The molecule has 1 atom stereocenters. The van der Waals surface area contributed by atoms with Crippen LogP contribution in [0.5, 0.6) is 0 Å². The first-order valence-corrected chi connectivity index (χ1v) is 11.3. The molecule has 1 unspecified atom stereocenters. The largest absolute Gasteiger partial charge is 0.417 e. The minimum absolute atomic E-state index is 0.00695. The Morgan fingerprint density at radius 2 is 2.00 bits per heavy atom. The molecule has 0 aliphatic rings. The van der Waals surface area contributed by atoms with Crippen molar-refractivity contribution in [2.45, 2.75) is 57.0 Å². The highest BCUT2D eigenvalue weighted by Gasteiger charge is 2.33. The topological polar surface area (TPSA) is 63.1 Å². The molecule has 1 aromatic carbocycles. The Balaban J connectivity index is 2.12. The fourth-order valence-corrected chi connectivity index (χ4v) is 4.10. The Bertz CT molecular complexity index is 888. The number of benzene rings is 1. The average molecular weight is 478 g/mol. The third-order valence-corrected chi connectivity index (χ3v) is 5.97. The Morgan fingerprint density at radius 3 is 2.58 bits per heavy atom. The lowest BCUT2D eigenvalue weighted by Crippen LogP contribution is -2.23. The van der Waals surface area contributed by atoms with Crippen molar-refractivity contribution >= 4 is 35.0 Å². The molecular weight excluding hydrogens is 451 g/mol. The summed E-state index contributed by atoms with van der Waals surface area (Å²) in [5, 5.41) is 11.3. The van der Waals surface area contributed by atoms with Crippen LogP contribution in [0.1, 0.15) is 50.5 Å². The molecule has 0 aliphatic heterocycles. The molecule has 1 aromatic heterocycles.